The van der Waals surface area contributed by atoms with Gasteiger partial charge in [0.25, 0.3) is 0 Å². The number of ether oxygens (including phenoxy) is 1. The number of azide groups is 1. The van der Waals surface area contributed by atoms with Gasteiger partial charge >= 0.3 is 0 Å². The third-order valence-electron chi connectivity index (χ3n) is 1.74. The van der Waals surface area contributed by atoms with Gasteiger partial charge in [0.15, 0.2) is 0 Å². The van der Waals surface area contributed by atoms with E-state index in [0.717, 1.165) is 5.56 Å². The minimum absolute atomic E-state index is 0.261. The number of benzene rings is 1. The highest BCUT2D eigenvalue weighted by Crippen LogP contribution is 2.20. The zero-order valence-corrected chi connectivity index (χ0v) is 8.22. The van der Waals surface area contributed by atoms with Gasteiger partial charge in [0.1, 0.15) is 11.6 Å². The van der Waals surface area contributed by atoms with Crippen molar-refractivity contribution in [1.29, 1.82) is 0 Å². The molecular weight excluding hydrogens is 197 g/mol. The van der Waals surface area contributed by atoms with Crippen LogP contribution >= 0.6 is 0 Å². The first-order valence-corrected chi connectivity index (χ1v) is 4.29. The molecule has 15 heavy (non-hydrogen) atoms. The van der Waals surface area contributed by atoms with Crippen LogP contribution in [0.5, 0.6) is 5.75 Å². The van der Waals surface area contributed by atoms with Gasteiger partial charge in [-0.05, 0) is 17.7 Å². The first-order valence-electron chi connectivity index (χ1n) is 4.29. The maximum absolute atomic E-state index is 12.8. The largest absolute Gasteiger partial charge is 0.496 e. The highest BCUT2D eigenvalue weighted by atomic mass is 19.1. The molecule has 0 heterocycles. The van der Waals surface area contributed by atoms with E-state index in [1.54, 1.807) is 18.2 Å². The zero-order chi connectivity index (χ0) is 11.1. The molecule has 0 unspecified atom stereocenters. The van der Waals surface area contributed by atoms with Crippen molar-refractivity contribution < 1.29 is 9.13 Å². The number of halogens is 1. The molecule has 0 fully saturated rings. The van der Waals surface area contributed by atoms with Crippen molar-refractivity contribution in [2.75, 3.05) is 13.7 Å². The number of rotatable bonds is 4. The quantitative estimate of drug-likeness (QED) is 0.425. The number of hydrogen-bond donors (Lipinski definition) is 0. The van der Waals surface area contributed by atoms with E-state index in [2.05, 4.69) is 10.0 Å². The molecular formula is C10H10FN3O. The summed E-state index contributed by atoms with van der Waals surface area (Å²) < 4.78 is 17.8. The second-order valence-electron chi connectivity index (χ2n) is 2.70. The average molecular weight is 207 g/mol. The van der Waals surface area contributed by atoms with Crippen LogP contribution in [-0.4, -0.2) is 13.7 Å². The van der Waals surface area contributed by atoms with Gasteiger partial charge in [-0.15, -0.1) is 0 Å². The van der Waals surface area contributed by atoms with Crippen molar-refractivity contribution in [3.05, 3.63) is 46.1 Å². The minimum Gasteiger partial charge on any atom is -0.496 e. The molecule has 1 rings (SSSR count). The van der Waals surface area contributed by atoms with Crippen LogP contribution in [-0.2, 0) is 0 Å². The van der Waals surface area contributed by atoms with Gasteiger partial charge in [0.2, 0.25) is 0 Å². The summed E-state index contributed by atoms with van der Waals surface area (Å²) in [5.74, 6) is 0.103. The molecule has 0 saturated heterocycles. The maximum atomic E-state index is 12.8. The van der Waals surface area contributed by atoms with Gasteiger partial charge in [0.05, 0.1) is 7.11 Å². The Kier molecular flexibility index (Phi) is 4.19. The second kappa shape index (κ2) is 5.67. The molecule has 0 spiro atoms. The Balaban J connectivity index is 2.84. The van der Waals surface area contributed by atoms with Gasteiger partial charge in [-0.2, -0.15) is 0 Å². The summed E-state index contributed by atoms with van der Waals surface area (Å²) in [5.41, 5.74) is 8.79. The topological polar surface area (TPSA) is 58.0 Å². The number of nitrogens with zero attached hydrogens (tertiary/aromatic N) is 3. The van der Waals surface area contributed by atoms with E-state index in [-0.39, 0.29) is 12.4 Å². The molecule has 1 aromatic rings. The Labute approximate surface area is 86.6 Å². The van der Waals surface area contributed by atoms with E-state index in [9.17, 15) is 4.39 Å². The first-order chi connectivity index (χ1) is 7.27. The summed E-state index contributed by atoms with van der Waals surface area (Å²) in [4.78, 5) is 2.61. The Bertz CT molecular complexity index is 411. The summed E-state index contributed by atoms with van der Waals surface area (Å²) >= 11 is 0. The van der Waals surface area contributed by atoms with Crippen LogP contribution in [0.4, 0.5) is 4.39 Å². The highest BCUT2D eigenvalue weighted by Gasteiger charge is 2.00. The van der Waals surface area contributed by atoms with Gasteiger partial charge in [-0.3, -0.25) is 0 Å². The van der Waals surface area contributed by atoms with Gasteiger partial charge in [0, 0.05) is 23.1 Å². The molecule has 0 radical (unpaired) electrons. The average Bonchev–Trinajstić information content (AvgIpc) is 2.26. The summed E-state index contributed by atoms with van der Waals surface area (Å²) in [6, 6.07) is 4.24. The van der Waals surface area contributed by atoms with Gasteiger partial charge in [-0.1, -0.05) is 17.3 Å². The lowest BCUT2D eigenvalue weighted by molar-refractivity contribution is 0.410. The van der Waals surface area contributed by atoms with E-state index >= 15 is 0 Å². The zero-order valence-electron chi connectivity index (χ0n) is 8.22. The van der Waals surface area contributed by atoms with E-state index in [1.165, 1.54) is 19.2 Å². The third-order valence-corrected chi connectivity index (χ3v) is 1.74. The predicted molar refractivity (Wildman–Crippen MR) is 56.0 cm³/mol. The molecule has 0 aliphatic heterocycles. The minimum atomic E-state index is -0.348. The second-order valence-corrected chi connectivity index (χ2v) is 2.70. The van der Waals surface area contributed by atoms with Crippen molar-refractivity contribution in [2.45, 2.75) is 0 Å². The first kappa shape index (κ1) is 11.1. The molecule has 5 heteroatoms. The molecule has 1 aromatic carbocycles. The Morgan fingerprint density at radius 3 is 3.07 bits per heavy atom. The molecule has 0 aliphatic rings. The van der Waals surface area contributed by atoms with Gasteiger partial charge in [-0.25, -0.2) is 4.39 Å². The summed E-state index contributed by atoms with van der Waals surface area (Å²) in [6.07, 6.45) is 3.39. The molecule has 0 bridgehead atoms. The molecule has 0 aromatic heterocycles. The molecule has 78 valence electrons. The van der Waals surface area contributed by atoms with Crippen molar-refractivity contribution in [1.82, 2.24) is 0 Å². The van der Waals surface area contributed by atoms with Crippen LogP contribution in [0.15, 0.2) is 29.4 Å². The van der Waals surface area contributed by atoms with E-state index in [4.69, 9.17) is 10.3 Å². The SMILES string of the molecule is COc1cc(F)ccc1C=CCN=[N+]=[N-]. The van der Waals surface area contributed by atoms with E-state index in [1.807, 2.05) is 0 Å². The lowest BCUT2D eigenvalue weighted by Crippen LogP contribution is -1.88. The fourth-order valence-corrected chi connectivity index (χ4v) is 1.09. The molecule has 0 amide bonds. The lowest BCUT2D eigenvalue weighted by atomic mass is 10.2. The summed E-state index contributed by atoms with van der Waals surface area (Å²) in [7, 11) is 1.47. The highest BCUT2D eigenvalue weighted by molar-refractivity contribution is 5.57. The van der Waals surface area contributed by atoms with Crippen LogP contribution < -0.4 is 4.74 Å². The molecule has 0 saturated carbocycles. The number of methoxy groups -OCH3 is 1. The summed E-state index contributed by atoms with van der Waals surface area (Å²) in [5, 5.41) is 3.34. The van der Waals surface area contributed by atoms with Crippen LogP contribution in [0.25, 0.3) is 16.5 Å². The van der Waals surface area contributed by atoms with Gasteiger partial charge < -0.3 is 4.74 Å². The number of hydrogen-bond acceptors (Lipinski definition) is 2. The monoisotopic (exact) mass is 207 g/mol. The van der Waals surface area contributed by atoms with Crippen molar-refractivity contribution >= 4 is 6.08 Å². The molecule has 0 atom stereocenters. The molecule has 0 N–H and O–H groups in total. The van der Waals surface area contributed by atoms with Crippen molar-refractivity contribution in [2.24, 2.45) is 5.11 Å². The fourth-order valence-electron chi connectivity index (χ4n) is 1.09. The van der Waals surface area contributed by atoms with Crippen molar-refractivity contribution in [3.8, 4) is 5.75 Å². The van der Waals surface area contributed by atoms with Crippen molar-refractivity contribution in [3.63, 3.8) is 0 Å². The Morgan fingerprint density at radius 1 is 1.60 bits per heavy atom. The molecule has 4 nitrogen and oxygen atoms in total. The fraction of sp³-hybridized carbons (Fsp3) is 0.200. The Morgan fingerprint density at radius 2 is 2.40 bits per heavy atom. The smallest absolute Gasteiger partial charge is 0.128 e. The van der Waals surface area contributed by atoms with Crippen LogP contribution in [0.1, 0.15) is 5.56 Å². The Hall–Kier alpha value is -2.00. The predicted octanol–water partition coefficient (Wildman–Crippen LogP) is 3.16. The van der Waals surface area contributed by atoms with Crippen LogP contribution in [0, 0.1) is 5.82 Å². The third kappa shape index (κ3) is 3.32. The van der Waals surface area contributed by atoms with Crippen LogP contribution in [0.3, 0.4) is 0 Å². The summed E-state index contributed by atoms with van der Waals surface area (Å²) in [6.45, 7) is 0.261. The molecule has 0 aliphatic carbocycles. The normalized spacial score (nSPS) is 10.0. The van der Waals surface area contributed by atoms with E-state index in [0.29, 0.717) is 5.75 Å². The standard InChI is InChI=1S/C10H10FN3O/c1-15-10-7-9(11)5-4-8(10)3-2-6-13-14-12/h2-5,7H,6H2,1H3. The van der Waals surface area contributed by atoms with E-state index < -0.39 is 0 Å². The van der Waals surface area contributed by atoms with Crippen LogP contribution in [0.2, 0.25) is 0 Å². The maximum Gasteiger partial charge on any atom is 0.128 e. The lowest BCUT2D eigenvalue weighted by Gasteiger charge is -2.03.